The Balaban J connectivity index is 1.75. The second-order valence-electron chi connectivity index (χ2n) is 7.33. The van der Waals surface area contributed by atoms with Gasteiger partial charge in [0, 0.05) is 6.54 Å². The molecule has 0 aromatic carbocycles. The molecule has 0 bridgehead atoms. The van der Waals surface area contributed by atoms with Gasteiger partial charge in [0.05, 0.1) is 11.2 Å². The molecule has 1 saturated heterocycles. The number of carbonyl (C=O) groups is 1. The maximum Gasteiger partial charge on any atom is 0.391 e. The smallest absolute Gasteiger partial charge is 0.368 e. The van der Waals surface area contributed by atoms with Gasteiger partial charge in [-0.15, -0.1) is 0 Å². The number of fused-ring (bicyclic) bond motifs is 1. The molecule has 2 N–H and O–H groups in total. The van der Waals surface area contributed by atoms with Gasteiger partial charge in [0.2, 0.25) is 15.9 Å². The number of primary amides is 1. The zero-order valence-corrected chi connectivity index (χ0v) is 14.2. The molecular formula is C15H23F3N2O3S. The van der Waals surface area contributed by atoms with E-state index in [1.165, 1.54) is 4.31 Å². The van der Waals surface area contributed by atoms with Crippen LogP contribution in [0.4, 0.5) is 13.2 Å². The van der Waals surface area contributed by atoms with Crippen LogP contribution < -0.4 is 5.73 Å². The van der Waals surface area contributed by atoms with Crippen molar-refractivity contribution in [1.82, 2.24) is 4.31 Å². The van der Waals surface area contributed by atoms with Gasteiger partial charge in [0.1, 0.15) is 6.04 Å². The van der Waals surface area contributed by atoms with Gasteiger partial charge < -0.3 is 5.73 Å². The van der Waals surface area contributed by atoms with E-state index in [1.807, 2.05) is 0 Å². The van der Waals surface area contributed by atoms with Crippen LogP contribution in [0.25, 0.3) is 0 Å². The molecule has 138 valence electrons. The highest BCUT2D eigenvalue weighted by molar-refractivity contribution is 7.89. The predicted octanol–water partition coefficient (Wildman–Crippen LogP) is 2.02. The van der Waals surface area contributed by atoms with Crippen LogP contribution in [-0.4, -0.2) is 42.6 Å². The Bertz CT molecular complexity index is 600. The average Bonchev–Trinajstić information content (AvgIpc) is 3.06. The molecule has 0 spiro atoms. The van der Waals surface area contributed by atoms with E-state index in [-0.39, 0.29) is 44.1 Å². The van der Waals surface area contributed by atoms with Gasteiger partial charge in [-0.25, -0.2) is 8.42 Å². The standard InChI is InChI=1S/C15H23F3N2O3S/c16-15(17,18)10-4-6-11(7-5-10)24(22,23)20-8-9-2-1-3-12(9)13(20)14(19)21/h9-13H,1-8H2,(H2,19,21)/t9-,10?,11?,12-,13+/m1/s1. The molecule has 3 rings (SSSR count). The molecule has 1 heterocycles. The lowest BCUT2D eigenvalue weighted by Crippen LogP contribution is -2.50. The second-order valence-corrected chi connectivity index (χ2v) is 9.50. The third-order valence-corrected chi connectivity index (χ3v) is 8.37. The number of amides is 1. The van der Waals surface area contributed by atoms with E-state index in [9.17, 15) is 26.4 Å². The van der Waals surface area contributed by atoms with Crippen molar-refractivity contribution in [2.24, 2.45) is 23.5 Å². The van der Waals surface area contributed by atoms with Crippen molar-refractivity contribution in [1.29, 1.82) is 0 Å². The van der Waals surface area contributed by atoms with Crippen LogP contribution in [0.1, 0.15) is 44.9 Å². The minimum absolute atomic E-state index is 0.0101. The molecule has 0 aromatic rings. The molecule has 2 aliphatic carbocycles. The normalized spacial score (nSPS) is 38.2. The van der Waals surface area contributed by atoms with Gasteiger partial charge in [0.15, 0.2) is 0 Å². The minimum atomic E-state index is -4.27. The first-order valence-electron chi connectivity index (χ1n) is 8.49. The minimum Gasteiger partial charge on any atom is -0.368 e. The highest BCUT2D eigenvalue weighted by atomic mass is 32.2. The van der Waals surface area contributed by atoms with E-state index in [4.69, 9.17) is 5.73 Å². The molecule has 1 amide bonds. The maximum absolute atomic E-state index is 12.9. The summed E-state index contributed by atoms with van der Waals surface area (Å²) in [6, 6.07) is -0.831. The van der Waals surface area contributed by atoms with Crippen LogP contribution in [0.15, 0.2) is 0 Å². The van der Waals surface area contributed by atoms with E-state index in [0.717, 1.165) is 19.3 Å². The summed E-state index contributed by atoms with van der Waals surface area (Å²) in [5.41, 5.74) is 5.46. The number of nitrogens with two attached hydrogens (primary N) is 1. The van der Waals surface area contributed by atoms with Crippen molar-refractivity contribution in [3.8, 4) is 0 Å². The summed E-state index contributed by atoms with van der Waals surface area (Å²) in [5.74, 6) is -1.96. The van der Waals surface area contributed by atoms with Crippen LogP contribution in [0.2, 0.25) is 0 Å². The quantitative estimate of drug-likeness (QED) is 0.828. The zero-order chi connectivity index (χ0) is 17.7. The summed E-state index contributed by atoms with van der Waals surface area (Å²) in [7, 11) is -3.80. The van der Waals surface area contributed by atoms with Gasteiger partial charge >= 0.3 is 6.18 Å². The number of hydrogen-bond donors (Lipinski definition) is 1. The SMILES string of the molecule is NC(=O)[C@@H]1[C@@H]2CCC[C@@H]2CN1S(=O)(=O)C1CCC(C(F)(F)F)CC1. The molecule has 0 radical (unpaired) electrons. The summed E-state index contributed by atoms with van der Waals surface area (Å²) >= 11 is 0. The average molecular weight is 368 g/mol. The third-order valence-electron chi connectivity index (χ3n) is 6.02. The number of hydrogen-bond acceptors (Lipinski definition) is 3. The predicted molar refractivity (Wildman–Crippen MR) is 81.2 cm³/mol. The molecule has 0 unspecified atom stereocenters. The van der Waals surface area contributed by atoms with E-state index in [1.54, 1.807) is 0 Å². The second kappa shape index (κ2) is 6.16. The monoisotopic (exact) mass is 368 g/mol. The van der Waals surface area contributed by atoms with Crippen molar-refractivity contribution in [2.75, 3.05) is 6.54 Å². The van der Waals surface area contributed by atoms with Crippen LogP contribution in [0.5, 0.6) is 0 Å². The highest BCUT2D eigenvalue weighted by Crippen LogP contribution is 2.46. The Morgan fingerprint density at radius 1 is 1.04 bits per heavy atom. The van der Waals surface area contributed by atoms with Crippen LogP contribution in [0, 0.1) is 17.8 Å². The van der Waals surface area contributed by atoms with Crippen molar-refractivity contribution in [3.63, 3.8) is 0 Å². The topological polar surface area (TPSA) is 80.5 Å². The number of rotatable bonds is 3. The molecular weight excluding hydrogens is 345 g/mol. The zero-order valence-electron chi connectivity index (χ0n) is 13.3. The largest absolute Gasteiger partial charge is 0.391 e. The fourth-order valence-electron chi connectivity index (χ4n) is 4.76. The third kappa shape index (κ3) is 3.05. The van der Waals surface area contributed by atoms with Crippen molar-refractivity contribution < 1.29 is 26.4 Å². The van der Waals surface area contributed by atoms with Gasteiger partial charge in [0.25, 0.3) is 0 Å². The maximum atomic E-state index is 12.9. The molecule has 3 atom stereocenters. The lowest BCUT2D eigenvalue weighted by atomic mass is 9.88. The number of nitrogens with zero attached hydrogens (tertiary/aromatic N) is 1. The van der Waals surface area contributed by atoms with E-state index < -0.39 is 39.3 Å². The Labute approximate surface area is 139 Å². The van der Waals surface area contributed by atoms with Crippen molar-refractivity contribution in [2.45, 2.75) is 62.4 Å². The first-order valence-corrected chi connectivity index (χ1v) is 9.99. The van der Waals surface area contributed by atoms with E-state index >= 15 is 0 Å². The van der Waals surface area contributed by atoms with Gasteiger partial charge in [-0.3, -0.25) is 4.79 Å². The van der Waals surface area contributed by atoms with Crippen molar-refractivity contribution >= 4 is 15.9 Å². The first-order chi connectivity index (χ1) is 11.1. The lowest BCUT2D eigenvalue weighted by molar-refractivity contribution is -0.181. The fourth-order valence-corrected chi connectivity index (χ4v) is 6.99. The van der Waals surface area contributed by atoms with Crippen LogP contribution in [0.3, 0.4) is 0 Å². The number of halogens is 3. The van der Waals surface area contributed by atoms with Crippen LogP contribution >= 0.6 is 0 Å². The molecule has 5 nitrogen and oxygen atoms in total. The lowest BCUT2D eigenvalue weighted by Gasteiger charge is -2.33. The molecule has 3 fully saturated rings. The van der Waals surface area contributed by atoms with E-state index in [0.29, 0.717) is 0 Å². The Morgan fingerprint density at radius 2 is 1.67 bits per heavy atom. The Hall–Kier alpha value is -0.830. The number of sulfonamides is 1. The first kappa shape index (κ1) is 18.0. The molecule has 3 aliphatic rings. The van der Waals surface area contributed by atoms with Crippen LogP contribution in [-0.2, 0) is 14.8 Å². The van der Waals surface area contributed by atoms with Crippen molar-refractivity contribution in [3.05, 3.63) is 0 Å². The number of alkyl halides is 3. The molecule has 9 heteroatoms. The Kier molecular flexibility index (Phi) is 4.61. The summed E-state index contributed by atoms with van der Waals surface area (Å²) in [6.45, 7) is 0.278. The summed E-state index contributed by atoms with van der Waals surface area (Å²) in [4.78, 5) is 11.8. The summed E-state index contributed by atoms with van der Waals surface area (Å²) < 4.78 is 65.4. The number of carbonyl (C=O) groups excluding carboxylic acids is 1. The highest BCUT2D eigenvalue weighted by Gasteiger charge is 2.53. The van der Waals surface area contributed by atoms with Gasteiger partial charge in [-0.05, 0) is 50.4 Å². The molecule has 1 aliphatic heterocycles. The summed E-state index contributed by atoms with van der Waals surface area (Å²) in [6.07, 6.45) is -2.01. The summed E-state index contributed by atoms with van der Waals surface area (Å²) in [5, 5.41) is -0.836. The fraction of sp³-hybridized carbons (Fsp3) is 0.933. The molecule has 2 saturated carbocycles. The molecule has 0 aromatic heterocycles. The molecule has 24 heavy (non-hydrogen) atoms. The Morgan fingerprint density at radius 3 is 2.21 bits per heavy atom. The van der Waals surface area contributed by atoms with Gasteiger partial charge in [-0.1, -0.05) is 6.42 Å². The van der Waals surface area contributed by atoms with Gasteiger partial charge in [-0.2, -0.15) is 17.5 Å². The van der Waals surface area contributed by atoms with E-state index in [2.05, 4.69) is 0 Å².